The molecule has 0 spiro atoms. The molecule has 4 aromatic heterocycles. The number of benzene rings is 5. The van der Waals surface area contributed by atoms with Crippen LogP contribution in [0.1, 0.15) is 115 Å². The molecule has 9 aromatic rings. The van der Waals surface area contributed by atoms with Crippen LogP contribution in [0.15, 0.2) is 126 Å². The van der Waals surface area contributed by atoms with Gasteiger partial charge in [-0.2, -0.15) is 0 Å². The van der Waals surface area contributed by atoms with Gasteiger partial charge in [-0.1, -0.05) is 58.0 Å². The lowest BCUT2D eigenvalue weighted by atomic mass is 10.1. The third-order valence-electron chi connectivity index (χ3n) is 14.0. The Morgan fingerprint density at radius 2 is 0.879 bits per heavy atom. The largest absolute Gasteiger partial charge is 0.481 e. The normalized spacial score (nSPS) is 17.4. The Morgan fingerprint density at radius 1 is 0.527 bits per heavy atom. The van der Waals surface area contributed by atoms with Crippen LogP contribution in [-0.4, -0.2) is 80.1 Å². The average Bonchev–Trinajstić information content (AvgIpc) is 1.71. The van der Waals surface area contributed by atoms with Crippen LogP contribution in [0.5, 0.6) is 28.7 Å². The first-order valence-electron chi connectivity index (χ1n) is 27.1. The Labute approximate surface area is 585 Å². The van der Waals surface area contributed by atoms with Gasteiger partial charge in [-0.3, -0.25) is 4.79 Å². The zero-order chi connectivity index (χ0) is 64.9. The number of aldehydes is 1. The summed E-state index contributed by atoms with van der Waals surface area (Å²) in [5.74, 6) is 4.33. The predicted molar refractivity (Wildman–Crippen MR) is 350 cm³/mol. The average molecular weight is 1670 g/mol. The van der Waals surface area contributed by atoms with Crippen molar-refractivity contribution in [3.8, 4) is 28.7 Å². The van der Waals surface area contributed by atoms with Gasteiger partial charge in [0.05, 0.1) is 35.6 Å². The van der Waals surface area contributed by atoms with Gasteiger partial charge < -0.3 is 61.2 Å². The second-order valence-electron chi connectivity index (χ2n) is 20.5. The lowest BCUT2D eigenvalue weighted by molar-refractivity contribution is -0.144. The number of aliphatic hydroxyl groups excluding tert-OH is 1. The third-order valence-corrected chi connectivity index (χ3v) is 18.0. The molecular formula is C61H47Br5Cl5N5O15. The van der Waals surface area contributed by atoms with Crippen molar-refractivity contribution in [2.75, 3.05) is 20.7 Å². The smallest absolute Gasteiger partial charge is 0.360 e. The van der Waals surface area contributed by atoms with E-state index in [1.165, 1.54) is 25.6 Å². The molecule has 5 aliphatic rings. The van der Waals surface area contributed by atoms with E-state index in [2.05, 4.69) is 104 Å². The minimum Gasteiger partial charge on any atom is -0.481 e. The summed E-state index contributed by atoms with van der Waals surface area (Å²) in [4.78, 5) is 51.4. The Morgan fingerprint density at radius 3 is 1.29 bits per heavy atom. The maximum Gasteiger partial charge on any atom is 0.360 e. The molecule has 2 N–H and O–H groups in total. The van der Waals surface area contributed by atoms with Crippen molar-refractivity contribution in [3.63, 3.8) is 0 Å². The number of esters is 1. The number of carbonyl (C=O) groups excluding carboxylic acids is 2. The van der Waals surface area contributed by atoms with E-state index in [1.54, 1.807) is 37.3 Å². The van der Waals surface area contributed by atoms with Gasteiger partial charge >= 0.3 is 11.9 Å². The van der Waals surface area contributed by atoms with Gasteiger partial charge in [0, 0.05) is 91.6 Å². The van der Waals surface area contributed by atoms with Gasteiger partial charge in [0.25, 0.3) is 0 Å². The van der Waals surface area contributed by atoms with Gasteiger partial charge in [0.15, 0.2) is 91.1 Å². The molecule has 476 valence electrons. The highest BCUT2D eigenvalue weighted by Gasteiger charge is 2.37. The molecule has 0 bridgehead atoms. The molecule has 30 heteroatoms. The number of hydrogen-bond donors (Lipinski definition) is 2. The minimum absolute atomic E-state index is 0.141. The molecule has 0 fully saturated rings. The zero-order valence-electron chi connectivity index (χ0n) is 47.4. The van der Waals surface area contributed by atoms with Crippen molar-refractivity contribution in [1.29, 1.82) is 0 Å². The number of carbonyl (C=O) groups is 3. The standard InChI is InChI=1S/C14H14BrClN2O2.C14H11BrClNO4.C12H9BrClNO3.C12H7BrClNO3.C9H6BrClO3/c1-18(2)6-11-14(19-7-17-11)12-4-8-3-9(16)5-10(15)13(8)20-12;1-2-19-14(18)11-13(20-6-17-11)10-4-7-3-8(16)5-9(15)12(7)21-10;2*13-8-3-7(14)1-6-2-10(18-11(6)8)12-9(4-16)15-5-17-12;10-6-3-5(11)1-4-2-7(9(12)13)14-8(4)6/h3,5,7,12H,4,6H2,1-2H3;3,5-6,10H,2,4H2,1H3;1,3,5,10,16H,2,4H2;1,3-5,10H,2H2;1,3,7H,2H2,(H,12,13)/t12-;3*10-;7-/m11111/s1. The van der Waals surface area contributed by atoms with E-state index < -0.39 is 24.1 Å². The van der Waals surface area contributed by atoms with Crippen LogP contribution in [-0.2, 0) is 54.8 Å². The van der Waals surface area contributed by atoms with E-state index >= 15 is 0 Å². The third kappa shape index (κ3) is 15.9. The molecule has 20 nitrogen and oxygen atoms in total. The molecule has 5 aliphatic heterocycles. The van der Waals surface area contributed by atoms with Gasteiger partial charge in [0.2, 0.25) is 0 Å². The van der Waals surface area contributed by atoms with E-state index in [0.717, 1.165) is 87.4 Å². The van der Waals surface area contributed by atoms with Crippen LogP contribution in [0.25, 0.3) is 0 Å². The van der Waals surface area contributed by atoms with Gasteiger partial charge in [0.1, 0.15) is 45.8 Å². The van der Waals surface area contributed by atoms with Crippen LogP contribution in [0, 0.1) is 0 Å². The van der Waals surface area contributed by atoms with Crippen molar-refractivity contribution in [1.82, 2.24) is 24.8 Å². The molecular weight excluding hydrogens is 1620 g/mol. The summed E-state index contributed by atoms with van der Waals surface area (Å²) in [5.41, 5.74) is 6.70. The molecule has 91 heavy (non-hydrogen) atoms. The van der Waals surface area contributed by atoms with Gasteiger partial charge in [-0.15, -0.1) is 0 Å². The molecule has 0 radical (unpaired) electrons. The minimum atomic E-state index is -0.954. The number of carboxylic acids is 1. The Kier molecular flexibility index (Phi) is 22.6. The topological polar surface area (TPSA) is 254 Å². The monoisotopic (exact) mass is 1660 g/mol. The highest BCUT2D eigenvalue weighted by molar-refractivity contribution is 9.11. The van der Waals surface area contributed by atoms with Crippen molar-refractivity contribution in [2.45, 2.75) is 82.7 Å². The summed E-state index contributed by atoms with van der Waals surface area (Å²) in [6.07, 6.45) is 6.87. The number of aliphatic hydroxyl groups is 1. The number of ether oxygens (including phenoxy) is 6. The van der Waals surface area contributed by atoms with Crippen molar-refractivity contribution in [2.24, 2.45) is 0 Å². The number of nitrogens with zero attached hydrogens (tertiary/aromatic N) is 5. The first-order valence-corrected chi connectivity index (χ1v) is 33.0. The zero-order valence-corrected chi connectivity index (χ0v) is 59.1. The number of aromatic nitrogens is 4. The summed E-state index contributed by atoms with van der Waals surface area (Å²) >= 11 is 46.9. The van der Waals surface area contributed by atoms with Gasteiger partial charge in [-0.25, -0.2) is 29.5 Å². The van der Waals surface area contributed by atoms with Crippen LogP contribution in [0.4, 0.5) is 0 Å². The lowest BCUT2D eigenvalue weighted by Crippen LogP contribution is -2.24. The Hall–Kier alpha value is -5.68. The van der Waals surface area contributed by atoms with Crippen molar-refractivity contribution < 1.29 is 70.7 Å². The van der Waals surface area contributed by atoms with E-state index in [9.17, 15) is 19.5 Å². The number of rotatable bonds is 11. The van der Waals surface area contributed by atoms with E-state index in [1.807, 2.05) is 44.4 Å². The first-order chi connectivity index (χ1) is 43.6. The van der Waals surface area contributed by atoms with Crippen LogP contribution < -0.4 is 23.7 Å². The first kappa shape index (κ1) is 68.2. The molecule has 0 unspecified atom stereocenters. The predicted octanol–water partition coefficient (Wildman–Crippen LogP) is 17.1. The summed E-state index contributed by atoms with van der Waals surface area (Å²) in [6.45, 7) is 2.57. The molecule has 0 saturated heterocycles. The van der Waals surface area contributed by atoms with Crippen molar-refractivity contribution in [3.05, 3.63) is 207 Å². The van der Waals surface area contributed by atoms with Gasteiger partial charge in [-0.05, 0) is 161 Å². The van der Waals surface area contributed by atoms with Crippen LogP contribution in [0.2, 0.25) is 25.1 Å². The molecule has 5 atom stereocenters. The summed E-state index contributed by atoms with van der Waals surface area (Å²) in [7, 11) is 4.00. The van der Waals surface area contributed by atoms with Crippen LogP contribution >= 0.6 is 138 Å². The molecule has 9 heterocycles. The molecule has 0 saturated carbocycles. The maximum atomic E-state index is 11.8. The lowest BCUT2D eigenvalue weighted by Gasteiger charge is -2.12. The summed E-state index contributed by atoms with van der Waals surface area (Å²) in [5, 5.41) is 21.1. The number of hydrogen-bond acceptors (Lipinski definition) is 19. The highest BCUT2D eigenvalue weighted by Crippen LogP contribution is 2.48. The fraction of sp³-hybridized carbons (Fsp3) is 0.262. The molecule has 0 aliphatic carbocycles. The Balaban J connectivity index is 0.000000126. The SMILES string of the molecule is CCOC(=O)c1ncoc1[C@H]1Cc2cc(Cl)cc(Br)c2O1.CN(C)Cc1ncoc1[C@H]1Cc2cc(Cl)cc(Br)c2O1.O=C(O)[C@H]1Cc2cc(Cl)cc(Br)c2O1.O=Cc1ncoc1[C@H]1Cc2cc(Cl)cc(Br)c2O1.OCc1ncoc1[C@H]1Cc2cc(Cl)cc(Br)c2O1. The van der Waals surface area contributed by atoms with E-state index in [0.29, 0.717) is 96.0 Å². The number of oxazole rings is 4. The quantitative estimate of drug-likeness (QED) is 0.0901. The second kappa shape index (κ2) is 30.2. The van der Waals surface area contributed by atoms with E-state index in [-0.39, 0.29) is 42.9 Å². The summed E-state index contributed by atoms with van der Waals surface area (Å²) in [6, 6.07) is 18.1. The maximum absolute atomic E-state index is 11.8. The fourth-order valence-corrected chi connectivity index (χ4v) is 15.0. The summed E-state index contributed by atoms with van der Waals surface area (Å²) < 4.78 is 59.0. The number of aliphatic carboxylic acids is 1. The van der Waals surface area contributed by atoms with Crippen LogP contribution in [0.3, 0.4) is 0 Å². The molecule has 14 rings (SSSR count). The Bertz CT molecular complexity index is 4190. The number of carboxylic acid groups (broad SMARTS) is 1. The van der Waals surface area contributed by atoms with E-state index in [4.69, 9.17) is 109 Å². The second-order valence-corrected chi connectivity index (χ2v) is 27.0. The fourth-order valence-electron chi connectivity index (χ4n) is 10.2. The molecule has 5 aromatic carbocycles. The highest BCUT2D eigenvalue weighted by atomic mass is 79.9. The number of fused-ring (bicyclic) bond motifs is 5. The molecule has 0 amide bonds. The number of halogens is 10. The van der Waals surface area contributed by atoms with Crippen molar-refractivity contribution >= 4 is 156 Å².